The Morgan fingerprint density at radius 3 is 2.59 bits per heavy atom. The highest BCUT2D eigenvalue weighted by Gasteiger charge is 2.40. The molecule has 3 N–H and O–H groups in total. The van der Waals surface area contributed by atoms with Gasteiger partial charge < -0.3 is 20.5 Å². The Bertz CT molecular complexity index is 674. The lowest BCUT2D eigenvalue weighted by Crippen LogP contribution is -2.52. The van der Waals surface area contributed by atoms with E-state index in [9.17, 15) is 5.11 Å². The first-order valence-electron chi connectivity index (χ1n) is 7.00. The number of hydrogen-bond donors (Lipinski definition) is 2. The highest BCUT2D eigenvalue weighted by Crippen LogP contribution is 2.40. The number of nitrogen functional groups attached to an aromatic ring is 1. The number of halogens is 1. The number of nitrogens with zero attached hydrogens (tertiary/aromatic N) is 3. The van der Waals surface area contributed by atoms with E-state index >= 15 is 0 Å². The molecule has 1 aliphatic rings. The summed E-state index contributed by atoms with van der Waals surface area (Å²) in [5, 5.41) is 11.1. The topological polar surface area (TPSA) is 84.5 Å². The van der Waals surface area contributed by atoms with Gasteiger partial charge >= 0.3 is 0 Å². The monoisotopic (exact) mass is 320 g/mol. The minimum Gasteiger partial charge on any atom is -0.452 e. The first-order valence-corrected chi connectivity index (χ1v) is 7.38. The first kappa shape index (κ1) is 14.9. The standard InChI is InChI=1S/C15H17ClN4O2/c1-20(15(21)7-2-8-15)13-12(9-18-14(17)19-13)22-11-5-3-10(16)4-6-11/h3-6,9,21H,2,7-8H2,1H3,(H2,17,18,19). The Kier molecular flexibility index (Phi) is 3.80. The lowest BCUT2D eigenvalue weighted by Gasteiger charge is -2.44. The maximum absolute atomic E-state index is 10.5. The third-order valence-corrected chi connectivity index (χ3v) is 4.14. The Morgan fingerprint density at radius 2 is 2.00 bits per heavy atom. The van der Waals surface area contributed by atoms with Crippen molar-refractivity contribution < 1.29 is 9.84 Å². The Balaban J connectivity index is 1.92. The van der Waals surface area contributed by atoms with Gasteiger partial charge in [0.1, 0.15) is 11.5 Å². The van der Waals surface area contributed by atoms with Crippen LogP contribution in [-0.4, -0.2) is 27.8 Å². The fraction of sp³-hybridized carbons (Fsp3) is 0.333. The van der Waals surface area contributed by atoms with E-state index < -0.39 is 5.72 Å². The van der Waals surface area contributed by atoms with Gasteiger partial charge in [-0.1, -0.05) is 11.6 Å². The fourth-order valence-electron chi connectivity index (χ4n) is 2.34. The smallest absolute Gasteiger partial charge is 0.222 e. The zero-order valence-electron chi connectivity index (χ0n) is 12.2. The van der Waals surface area contributed by atoms with Gasteiger partial charge in [-0.05, 0) is 43.5 Å². The van der Waals surface area contributed by atoms with Crippen molar-refractivity contribution in [1.29, 1.82) is 0 Å². The van der Waals surface area contributed by atoms with Gasteiger partial charge in [-0.2, -0.15) is 4.98 Å². The molecule has 0 unspecified atom stereocenters. The van der Waals surface area contributed by atoms with E-state index in [1.807, 2.05) is 0 Å². The molecule has 0 aliphatic heterocycles. The Labute approximate surface area is 133 Å². The van der Waals surface area contributed by atoms with Crippen LogP contribution in [-0.2, 0) is 0 Å². The highest BCUT2D eigenvalue weighted by molar-refractivity contribution is 6.30. The normalized spacial score (nSPS) is 16.0. The van der Waals surface area contributed by atoms with Crippen molar-refractivity contribution in [2.24, 2.45) is 0 Å². The van der Waals surface area contributed by atoms with Crippen LogP contribution >= 0.6 is 11.6 Å². The summed E-state index contributed by atoms with van der Waals surface area (Å²) >= 11 is 5.87. The summed E-state index contributed by atoms with van der Waals surface area (Å²) in [6.45, 7) is 0. The molecule has 1 aliphatic carbocycles. The van der Waals surface area contributed by atoms with E-state index in [0.717, 1.165) is 6.42 Å². The zero-order chi connectivity index (χ0) is 15.7. The maximum atomic E-state index is 10.5. The summed E-state index contributed by atoms with van der Waals surface area (Å²) in [6.07, 6.45) is 3.86. The summed E-state index contributed by atoms with van der Waals surface area (Å²) in [6, 6.07) is 6.97. The third-order valence-electron chi connectivity index (χ3n) is 3.89. The second-order valence-corrected chi connectivity index (χ2v) is 5.80. The molecule has 1 saturated carbocycles. The van der Waals surface area contributed by atoms with Gasteiger partial charge in [0.05, 0.1) is 6.20 Å². The van der Waals surface area contributed by atoms with Crippen molar-refractivity contribution in [3.05, 3.63) is 35.5 Å². The number of ether oxygens (including phenoxy) is 1. The molecule has 0 bridgehead atoms. The van der Waals surface area contributed by atoms with Crippen LogP contribution in [0.3, 0.4) is 0 Å². The molecule has 2 aromatic rings. The molecule has 22 heavy (non-hydrogen) atoms. The third kappa shape index (κ3) is 2.80. The predicted molar refractivity (Wildman–Crippen MR) is 85.2 cm³/mol. The number of nitrogens with two attached hydrogens (primary N) is 1. The lowest BCUT2D eigenvalue weighted by molar-refractivity contribution is -0.0319. The Hall–Kier alpha value is -2.05. The van der Waals surface area contributed by atoms with Gasteiger partial charge in [-0.25, -0.2) is 4.98 Å². The molecule has 0 radical (unpaired) electrons. The molecule has 1 aromatic carbocycles. The molecule has 7 heteroatoms. The Morgan fingerprint density at radius 1 is 1.32 bits per heavy atom. The van der Waals surface area contributed by atoms with Crippen molar-refractivity contribution in [2.75, 3.05) is 17.7 Å². The van der Waals surface area contributed by atoms with Crippen LogP contribution in [0.4, 0.5) is 11.8 Å². The van der Waals surface area contributed by atoms with Crippen LogP contribution in [0, 0.1) is 0 Å². The molecular formula is C15H17ClN4O2. The second kappa shape index (κ2) is 5.62. The van der Waals surface area contributed by atoms with E-state index in [1.54, 1.807) is 36.2 Å². The molecule has 1 aromatic heterocycles. The first-order chi connectivity index (χ1) is 10.5. The summed E-state index contributed by atoms with van der Waals surface area (Å²) in [4.78, 5) is 9.88. The highest BCUT2D eigenvalue weighted by atomic mass is 35.5. The average Bonchev–Trinajstić information content (AvgIpc) is 2.48. The fourth-order valence-corrected chi connectivity index (χ4v) is 2.47. The number of hydrogen-bond acceptors (Lipinski definition) is 6. The molecule has 0 spiro atoms. The van der Waals surface area contributed by atoms with Crippen molar-refractivity contribution in [2.45, 2.75) is 25.0 Å². The average molecular weight is 321 g/mol. The second-order valence-electron chi connectivity index (χ2n) is 5.37. The molecule has 0 atom stereocenters. The van der Waals surface area contributed by atoms with Crippen LogP contribution in [0.25, 0.3) is 0 Å². The molecule has 6 nitrogen and oxygen atoms in total. The van der Waals surface area contributed by atoms with Crippen molar-refractivity contribution in [1.82, 2.24) is 9.97 Å². The molecule has 1 fully saturated rings. The van der Waals surface area contributed by atoms with Crippen molar-refractivity contribution >= 4 is 23.4 Å². The summed E-state index contributed by atoms with van der Waals surface area (Å²) in [5.41, 5.74) is 4.77. The predicted octanol–water partition coefficient (Wildman–Crippen LogP) is 2.81. The van der Waals surface area contributed by atoms with Crippen LogP contribution in [0.15, 0.2) is 30.5 Å². The molecular weight excluding hydrogens is 304 g/mol. The number of aromatic nitrogens is 2. The van der Waals surface area contributed by atoms with Crippen LogP contribution in [0.5, 0.6) is 11.5 Å². The van der Waals surface area contributed by atoms with Crippen molar-refractivity contribution in [3.63, 3.8) is 0 Å². The van der Waals surface area contributed by atoms with E-state index in [-0.39, 0.29) is 5.95 Å². The number of aliphatic hydroxyl groups is 1. The summed E-state index contributed by atoms with van der Waals surface area (Å²) < 4.78 is 5.81. The molecule has 0 amide bonds. The van der Waals surface area contributed by atoms with Crippen LogP contribution < -0.4 is 15.4 Å². The van der Waals surface area contributed by atoms with E-state index in [1.165, 1.54) is 6.20 Å². The van der Waals surface area contributed by atoms with Crippen LogP contribution in [0.1, 0.15) is 19.3 Å². The van der Waals surface area contributed by atoms with Gasteiger partial charge in [0.2, 0.25) is 5.95 Å². The SMILES string of the molecule is CN(c1nc(N)ncc1Oc1ccc(Cl)cc1)C1(O)CCC1. The van der Waals surface area contributed by atoms with Gasteiger partial charge in [-0.15, -0.1) is 0 Å². The van der Waals surface area contributed by atoms with Crippen molar-refractivity contribution in [3.8, 4) is 11.5 Å². The number of benzene rings is 1. The molecule has 3 rings (SSSR count). The number of anilines is 2. The van der Waals surface area contributed by atoms with Gasteiger partial charge in [0.15, 0.2) is 11.6 Å². The van der Waals surface area contributed by atoms with Gasteiger partial charge in [0.25, 0.3) is 0 Å². The molecule has 116 valence electrons. The van der Waals surface area contributed by atoms with E-state index in [4.69, 9.17) is 22.1 Å². The lowest BCUT2D eigenvalue weighted by atomic mass is 9.87. The largest absolute Gasteiger partial charge is 0.452 e. The van der Waals surface area contributed by atoms with E-state index in [2.05, 4.69) is 9.97 Å². The van der Waals surface area contributed by atoms with E-state index in [0.29, 0.717) is 35.2 Å². The molecule has 0 saturated heterocycles. The minimum absolute atomic E-state index is 0.133. The maximum Gasteiger partial charge on any atom is 0.222 e. The zero-order valence-corrected chi connectivity index (χ0v) is 12.9. The molecule has 1 heterocycles. The van der Waals surface area contributed by atoms with Gasteiger partial charge in [0, 0.05) is 12.1 Å². The minimum atomic E-state index is -0.904. The quantitative estimate of drug-likeness (QED) is 0.843. The van der Waals surface area contributed by atoms with Crippen LogP contribution in [0.2, 0.25) is 5.02 Å². The summed E-state index contributed by atoms with van der Waals surface area (Å²) in [7, 11) is 1.77. The summed E-state index contributed by atoms with van der Waals surface area (Å²) in [5.74, 6) is 1.63. The van der Waals surface area contributed by atoms with Gasteiger partial charge in [-0.3, -0.25) is 0 Å². The number of rotatable bonds is 4.